The monoisotopic (exact) mass is 263 g/mol. The van der Waals surface area contributed by atoms with Crippen LogP contribution in [0.3, 0.4) is 0 Å². The van der Waals surface area contributed by atoms with Crippen molar-refractivity contribution in [3.05, 3.63) is 40.6 Å². The average molecular weight is 263 g/mol. The van der Waals surface area contributed by atoms with E-state index in [4.69, 9.17) is 4.74 Å². The van der Waals surface area contributed by atoms with Crippen LogP contribution in [0.4, 0.5) is 5.69 Å². The number of carbonyl (C=O) groups excluding carboxylic acids is 1. The minimum atomic E-state index is -0.132. The van der Waals surface area contributed by atoms with Crippen LogP contribution in [0.2, 0.25) is 0 Å². The number of phenols is 1. The first-order valence-electron chi connectivity index (χ1n) is 5.32. The maximum atomic E-state index is 12.3. The van der Waals surface area contributed by atoms with Gasteiger partial charge in [-0.15, -0.1) is 11.3 Å². The van der Waals surface area contributed by atoms with Crippen molar-refractivity contribution in [2.24, 2.45) is 0 Å². The molecule has 0 spiro atoms. The molecule has 0 saturated heterocycles. The Kier molecular flexibility index (Phi) is 3.53. The molecule has 0 saturated carbocycles. The van der Waals surface area contributed by atoms with Gasteiger partial charge in [-0.3, -0.25) is 4.79 Å². The van der Waals surface area contributed by atoms with Crippen molar-refractivity contribution >= 4 is 22.9 Å². The van der Waals surface area contributed by atoms with E-state index in [1.807, 2.05) is 5.38 Å². The normalized spacial score (nSPS) is 10.1. The molecule has 0 atom stereocenters. The lowest BCUT2D eigenvalue weighted by atomic mass is 10.2. The van der Waals surface area contributed by atoms with Gasteiger partial charge in [0.05, 0.1) is 7.11 Å². The maximum absolute atomic E-state index is 12.3. The first-order valence-corrected chi connectivity index (χ1v) is 6.20. The third-order valence-corrected chi connectivity index (χ3v) is 3.47. The molecular weight excluding hydrogens is 250 g/mol. The third kappa shape index (κ3) is 2.31. The second kappa shape index (κ2) is 5.10. The number of hydrogen-bond donors (Lipinski definition) is 1. The fourth-order valence-corrected chi connectivity index (χ4v) is 2.39. The van der Waals surface area contributed by atoms with Gasteiger partial charge in [0.25, 0.3) is 5.91 Å². The molecule has 1 heterocycles. The van der Waals surface area contributed by atoms with Crippen LogP contribution in [0.1, 0.15) is 9.67 Å². The summed E-state index contributed by atoms with van der Waals surface area (Å²) >= 11 is 1.34. The summed E-state index contributed by atoms with van der Waals surface area (Å²) in [4.78, 5) is 14.3. The summed E-state index contributed by atoms with van der Waals surface area (Å²) in [6.45, 7) is 0. The molecule has 1 amide bonds. The number of carbonyl (C=O) groups is 1. The molecule has 4 nitrogen and oxygen atoms in total. The largest absolute Gasteiger partial charge is 0.508 e. The van der Waals surface area contributed by atoms with Gasteiger partial charge in [0.2, 0.25) is 0 Å². The van der Waals surface area contributed by atoms with Crippen molar-refractivity contribution < 1.29 is 14.6 Å². The Hall–Kier alpha value is -2.01. The van der Waals surface area contributed by atoms with Crippen molar-refractivity contribution in [1.29, 1.82) is 0 Å². The summed E-state index contributed by atoms with van der Waals surface area (Å²) < 4.78 is 5.13. The van der Waals surface area contributed by atoms with Crippen LogP contribution >= 0.6 is 11.3 Å². The van der Waals surface area contributed by atoms with Gasteiger partial charge < -0.3 is 14.7 Å². The predicted octanol–water partition coefficient (Wildman–Crippen LogP) is 2.74. The second-order valence-electron chi connectivity index (χ2n) is 3.70. The van der Waals surface area contributed by atoms with Gasteiger partial charge in [-0.05, 0) is 35.7 Å². The van der Waals surface area contributed by atoms with Crippen LogP contribution in [0.25, 0.3) is 0 Å². The molecule has 0 unspecified atom stereocenters. The molecule has 0 radical (unpaired) electrons. The van der Waals surface area contributed by atoms with E-state index in [1.165, 1.54) is 16.2 Å². The number of phenolic OH excluding ortho intramolecular Hbond substituents is 1. The van der Waals surface area contributed by atoms with E-state index in [2.05, 4.69) is 0 Å². The highest BCUT2D eigenvalue weighted by Crippen LogP contribution is 2.27. The van der Waals surface area contributed by atoms with Crippen LogP contribution in [0, 0.1) is 0 Å². The Bertz CT molecular complexity index is 548. The highest BCUT2D eigenvalue weighted by atomic mass is 32.1. The molecule has 0 bridgehead atoms. The number of rotatable bonds is 3. The Morgan fingerprint density at radius 3 is 2.56 bits per heavy atom. The van der Waals surface area contributed by atoms with Crippen LogP contribution in [0.5, 0.6) is 11.5 Å². The lowest BCUT2D eigenvalue weighted by Gasteiger charge is -2.17. The molecule has 1 N–H and O–H groups in total. The quantitative estimate of drug-likeness (QED) is 0.926. The maximum Gasteiger partial charge on any atom is 0.271 e. The Morgan fingerprint density at radius 1 is 1.28 bits per heavy atom. The van der Waals surface area contributed by atoms with Crippen molar-refractivity contribution in [1.82, 2.24) is 0 Å². The highest BCUT2D eigenvalue weighted by molar-refractivity contribution is 7.12. The fraction of sp³-hybridized carbons (Fsp3) is 0.154. The second-order valence-corrected chi connectivity index (χ2v) is 4.61. The van der Waals surface area contributed by atoms with E-state index < -0.39 is 0 Å². The van der Waals surface area contributed by atoms with E-state index in [-0.39, 0.29) is 11.7 Å². The number of aromatic hydroxyl groups is 1. The molecule has 2 aromatic rings. The number of thiophene rings is 1. The van der Waals surface area contributed by atoms with Gasteiger partial charge >= 0.3 is 0 Å². The van der Waals surface area contributed by atoms with Gasteiger partial charge in [0.1, 0.15) is 16.4 Å². The van der Waals surface area contributed by atoms with Crippen LogP contribution in [-0.4, -0.2) is 25.2 Å². The summed E-state index contributed by atoms with van der Waals surface area (Å²) in [5, 5.41) is 11.0. The molecule has 0 aliphatic rings. The number of methoxy groups -OCH3 is 1. The predicted molar refractivity (Wildman–Crippen MR) is 71.7 cm³/mol. The molecule has 0 aliphatic heterocycles. The lowest BCUT2D eigenvalue weighted by Crippen LogP contribution is -2.25. The standard InChI is InChI=1S/C13H13NO3S/c1-14(9-3-5-10(15)6-4-9)13(16)12-11(17-2)7-8-18-12/h3-8,15H,1-2H3. The van der Waals surface area contributed by atoms with Gasteiger partial charge in [0, 0.05) is 12.7 Å². The van der Waals surface area contributed by atoms with Crippen LogP contribution in [0.15, 0.2) is 35.7 Å². The van der Waals surface area contributed by atoms with E-state index in [9.17, 15) is 9.90 Å². The number of ether oxygens (including phenoxy) is 1. The SMILES string of the molecule is COc1ccsc1C(=O)N(C)c1ccc(O)cc1. The molecule has 5 heteroatoms. The van der Waals surface area contributed by atoms with E-state index in [0.717, 1.165) is 0 Å². The first kappa shape index (κ1) is 12.4. The minimum Gasteiger partial charge on any atom is -0.508 e. The number of nitrogens with zero attached hydrogens (tertiary/aromatic N) is 1. The van der Waals surface area contributed by atoms with E-state index >= 15 is 0 Å². The molecule has 0 fully saturated rings. The Balaban J connectivity index is 2.26. The zero-order valence-corrected chi connectivity index (χ0v) is 10.9. The zero-order chi connectivity index (χ0) is 13.1. The van der Waals surface area contributed by atoms with Crippen molar-refractivity contribution in [3.8, 4) is 11.5 Å². The number of anilines is 1. The third-order valence-electron chi connectivity index (χ3n) is 2.58. The Morgan fingerprint density at radius 2 is 1.94 bits per heavy atom. The van der Waals surface area contributed by atoms with Crippen LogP contribution in [-0.2, 0) is 0 Å². The van der Waals surface area contributed by atoms with Crippen molar-refractivity contribution in [2.45, 2.75) is 0 Å². The topological polar surface area (TPSA) is 49.8 Å². The summed E-state index contributed by atoms with van der Waals surface area (Å²) in [7, 11) is 3.23. The molecule has 18 heavy (non-hydrogen) atoms. The number of benzene rings is 1. The summed E-state index contributed by atoms with van der Waals surface area (Å²) in [5.41, 5.74) is 0.716. The molecule has 94 valence electrons. The van der Waals surface area contributed by atoms with Gasteiger partial charge in [-0.1, -0.05) is 0 Å². The summed E-state index contributed by atoms with van der Waals surface area (Å²) in [6, 6.07) is 8.23. The van der Waals surface area contributed by atoms with Gasteiger partial charge in [-0.25, -0.2) is 0 Å². The van der Waals surface area contributed by atoms with Gasteiger partial charge in [-0.2, -0.15) is 0 Å². The molecule has 2 rings (SSSR count). The van der Waals surface area contributed by atoms with E-state index in [0.29, 0.717) is 16.3 Å². The zero-order valence-electron chi connectivity index (χ0n) is 10.1. The van der Waals surface area contributed by atoms with Crippen molar-refractivity contribution in [2.75, 3.05) is 19.1 Å². The highest BCUT2D eigenvalue weighted by Gasteiger charge is 2.19. The summed E-state index contributed by atoms with van der Waals surface area (Å²) in [5.74, 6) is 0.622. The summed E-state index contributed by atoms with van der Waals surface area (Å²) in [6.07, 6.45) is 0. The molecular formula is C13H13NO3S. The molecule has 0 aliphatic carbocycles. The first-order chi connectivity index (χ1) is 8.63. The molecule has 1 aromatic heterocycles. The number of hydrogen-bond acceptors (Lipinski definition) is 4. The average Bonchev–Trinajstić information content (AvgIpc) is 2.86. The van der Waals surface area contributed by atoms with Gasteiger partial charge in [0.15, 0.2) is 0 Å². The lowest BCUT2D eigenvalue weighted by molar-refractivity contribution is 0.0994. The Labute approximate surface area is 109 Å². The smallest absolute Gasteiger partial charge is 0.271 e. The minimum absolute atomic E-state index is 0.132. The van der Waals surface area contributed by atoms with Crippen LogP contribution < -0.4 is 9.64 Å². The fourth-order valence-electron chi connectivity index (χ4n) is 1.56. The number of amides is 1. The molecule has 1 aromatic carbocycles. The van der Waals surface area contributed by atoms with E-state index in [1.54, 1.807) is 44.5 Å². The van der Waals surface area contributed by atoms with Crippen molar-refractivity contribution in [3.63, 3.8) is 0 Å².